The molecule has 0 spiro atoms. The summed E-state index contributed by atoms with van der Waals surface area (Å²) in [6.45, 7) is 13.1. The molecule has 2 aliphatic carbocycles. The fraction of sp³-hybridized carbons (Fsp3) is 0.562. The van der Waals surface area contributed by atoms with Crippen molar-refractivity contribution in [2.45, 2.75) is 78.9 Å². The third-order valence-corrected chi connectivity index (χ3v) is 8.67. The van der Waals surface area contributed by atoms with Gasteiger partial charge in [-0.25, -0.2) is 9.78 Å². The van der Waals surface area contributed by atoms with Gasteiger partial charge in [-0.2, -0.15) is 0 Å². The number of aromatic nitrogens is 2. The van der Waals surface area contributed by atoms with Gasteiger partial charge < -0.3 is 14.2 Å². The van der Waals surface area contributed by atoms with Crippen LogP contribution in [-0.2, 0) is 9.53 Å². The van der Waals surface area contributed by atoms with Crippen LogP contribution in [0.4, 0.5) is 5.69 Å². The third kappa shape index (κ3) is 5.28. The molecule has 1 heterocycles. The van der Waals surface area contributed by atoms with E-state index in [0.717, 1.165) is 61.2 Å². The second kappa shape index (κ2) is 10.9. The van der Waals surface area contributed by atoms with Gasteiger partial charge in [0.1, 0.15) is 18.0 Å². The van der Waals surface area contributed by atoms with Crippen molar-refractivity contribution in [3.8, 4) is 11.4 Å². The third-order valence-electron chi connectivity index (χ3n) is 8.67. The average Bonchev–Trinajstić information content (AvgIpc) is 3.65. The van der Waals surface area contributed by atoms with Crippen molar-refractivity contribution in [3.63, 3.8) is 0 Å². The molecule has 0 bridgehead atoms. The molecule has 5 rings (SSSR count). The van der Waals surface area contributed by atoms with E-state index >= 15 is 0 Å². The molecular formula is C32H43N3O2. The van der Waals surface area contributed by atoms with Gasteiger partial charge in [0.2, 0.25) is 0 Å². The first-order valence-electron chi connectivity index (χ1n) is 14.4. The van der Waals surface area contributed by atoms with Crippen LogP contribution < -0.4 is 4.90 Å². The van der Waals surface area contributed by atoms with E-state index in [0.29, 0.717) is 23.7 Å². The first-order valence-corrected chi connectivity index (χ1v) is 14.4. The highest BCUT2D eigenvalue weighted by molar-refractivity contribution is 5.85. The fourth-order valence-corrected chi connectivity index (χ4v) is 6.33. The molecule has 0 saturated heterocycles. The van der Waals surface area contributed by atoms with Gasteiger partial charge in [0, 0.05) is 24.3 Å². The van der Waals surface area contributed by atoms with Gasteiger partial charge in [0.25, 0.3) is 0 Å². The van der Waals surface area contributed by atoms with Crippen molar-refractivity contribution >= 4 is 22.7 Å². The van der Waals surface area contributed by atoms with Crippen LogP contribution in [0.5, 0.6) is 0 Å². The number of fused-ring (bicyclic) bond motifs is 1. The van der Waals surface area contributed by atoms with E-state index in [-0.39, 0.29) is 18.1 Å². The quantitative estimate of drug-likeness (QED) is 0.285. The van der Waals surface area contributed by atoms with E-state index < -0.39 is 0 Å². The van der Waals surface area contributed by atoms with Gasteiger partial charge >= 0.3 is 5.97 Å². The molecule has 5 heteroatoms. The van der Waals surface area contributed by atoms with E-state index in [4.69, 9.17) is 9.72 Å². The molecule has 3 aromatic rings. The molecule has 198 valence electrons. The van der Waals surface area contributed by atoms with Gasteiger partial charge in [-0.05, 0) is 99.6 Å². The number of imidazole rings is 1. The van der Waals surface area contributed by atoms with Crippen molar-refractivity contribution in [1.29, 1.82) is 0 Å². The Bertz CT molecular complexity index is 1210. The summed E-state index contributed by atoms with van der Waals surface area (Å²) in [5.41, 5.74) is 4.18. The second-order valence-electron chi connectivity index (χ2n) is 11.6. The van der Waals surface area contributed by atoms with Crippen LogP contribution in [0.1, 0.15) is 72.8 Å². The lowest BCUT2D eigenvalue weighted by atomic mass is 9.75. The van der Waals surface area contributed by atoms with E-state index in [2.05, 4.69) is 74.4 Å². The minimum Gasteiger partial charge on any atom is -0.461 e. The number of hydrogen-bond acceptors (Lipinski definition) is 4. The fourth-order valence-electron chi connectivity index (χ4n) is 6.33. The Morgan fingerprint density at radius 2 is 1.73 bits per heavy atom. The maximum Gasteiger partial charge on any atom is 0.329 e. The van der Waals surface area contributed by atoms with Crippen molar-refractivity contribution < 1.29 is 9.53 Å². The molecule has 2 saturated carbocycles. The number of para-hydroxylation sites is 2. The van der Waals surface area contributed by atoms with Crippen molar-refractivity contribution in [2.24, 2.45) is 23.7 Å². The summed E-state index contributed by atoms with van der Waals surface area (Å²) in [5.74, 6) is 2.64. The van der Waals surface area contributed by atoms with Gasteiger partial charge in [-0.15, -0.1) is 0 Å². The largest absolute Gasteiger partial charge is 0.461 e. The van der Waals surface area contributed by atoms with E-state index in [1.807, 2.05) is 18.2 Å². The minimum atomic E-state index is -0.338. The van der Waals surface area contributed by atoms with Crippen molar-refractivity contribution in [1.82, 2.24) is 9.55 Å². The number of hydrogen-bond donors (Lipinski definition) is 0. The zero-order valence-electron chi connectivity index (χ0n) is 23.2. The number of esters is 1. The molecule has 0 aliphatic heterocycles. The maximum absolute atomic E-state index is 14.0. The standard InChI is InChI=1S/C32H43N3O2/c1-6-34(7-2)25-17-15-24(16-18-25)31-33-27-10-8-9-11-28(27)35(31)30(23-13-14-23)32(36)37-29-20-22(5)12-19-26(29)21(3)4/h8-11,15-18,21-23,26,29-30H,6-7,12-14,19-20H2,1-5H3/t22-,26+,29?,30-/m1/s1. The van der Waals surface area contributed by atoms with Crippen LogP contribution in [-0.4, -0.2) is 34.7 Å². The average molecular weight is 502 g/mol. The first kappa shape index (κ1) is 25.8. The number of carbonyl (C=O) groups is 1. The van der Waals surface area contributed by atoms with Gasteiger partial charge in [-0.1, -0.05) is 39.3 Å². The first-order chi connectivity index (χ1) is 17.9. The minimum absolute atomic E-state index is 0.00379. The number of ether oxygens (including phenoxy) is 1. The molecule has 2 aromatic carbocycles. The van der Waals surface area contributed by atoms with Crippen LogP contribution in [0.15, 0.2) is 48.5 Å². The van der Waals surface area contributed by atoms with Crippen LogP contribution >= 0.6 is 0 Å². The van der Waals surface area contributed by atoms with Crippen molar-refractivity contribution in [3.05, 3.63) is 48.5 Å². The summed E-state index contributed by atoms with van der Waals surface area (Å²) < 4.78 is 8.64. The van der Waals surface area contributed by atoms with Crippen LogP contribution in [0.25, 0.3) is 22.4 Å². The molecule has 1 unspecified atom stereocenters. The summed E-state index contributed by atoms with van der Waals surface area (Å²) in [5, 5.41) is 0. The Kier molecular flexibility index (Phi) is 7.60. The summed E-state index contributed by atoms with van der Waals surface area (Å²) in [7, 11) is 0. The molecule has 2 aliphatic rings. The van der Waals surface area contributed by atoms with Crippen molar-refractivity contribution in [2.75, 3.05) is 18.0 Å². The lowest BCUT2D eigenvalue weighted by Crippen LogP contribution is -2.38. The number of nitrogens with zero attached hydrogens (tertiary/aromatic N) is 3. The van der Waals surface area contributed by atoms with Gasteiger partial charge in [0.05, 0.1) is 11.0 Å². The topological polar surface area (TPSA) is 47.4 Å². The maximum atomic E-state index is 14.0. The zero-order valence-corrected chi connectivity index (χ0v) is 23.2. The lowest BCUT2D eigenvalue weighted by Gasteiger charge is -2.37. The monoisotopic (exact) mass is 501 g/mol. The molecule has 0 amide bonds. The van der Waals surface area contributed by atoms with Crippen LogP contribution in [0.3, 0.4) is 0 Å². The van der Waals surface area contributed by atoms with Gasteiger partial charge in [-0.3, -0.25) is 0 Å². The van der Waals surface area contributed by atoms with E-state index in [1.165, 1.54) is 12.1 Å². The number of benzene rings is 2. The Morgan fingerprint density at radius 3 is 2.38 bits per heavy atom. The smallest absolute Gasteiger partial charge is 0.329 e. The lowest BCUT2D eigenvalue weighted by molar-refractivity contribution is -0.160. The predicted octanol–water partition coefficient (Wildman–Crippen LogP) is 7.50. The molecule has 1 aromatic heterocycles. The second-order valence-corrected chi connectivity index (χ2v) is 11.6. The normalized spacial score (nSPS) is 22.8. The highest BCUT2D eigenvalue weighted by Gasteiger charge is 2.43. The summed E-state index contributed by atoms with van der Waals surface area (Å²) in [6.07, 6.45) is 5.45. The molecule has 0 radical (unpaired) electrons. The number of rotatable bonds is 9. The molecule has 4 atom stereocenters. The Balaban J connectivity index is 1.52. The summed E-state index contributed by atoms with van der Waals surface area (Å²) in [4.78, 5) is 21.4. The Hall–Kier alpha value is -2.82. The van der Waals surface area contributed by atoms with E-state index in [1.54, 1.807) is 0 Å². The molecule has 0 N–H and O–H groups in total. The Labute approximate surface area is 222 Å². The molecule has 37 heavy (non-hydrogen) atoms. The predicted molar refractivity (Wildman–Crippen MR) is 152 cm³/mol. The Morgan fingerprint density at radius 1 is 1.03 bits per heavy atom. The van der Waals surface area contributed by atoms with Crippen LogP contribution in [0, 0.1) is 23.7 Å². The zero-order chi connectivity index (χ0) is 26.1. The highest BCUT2D eigenvalue weighted by atomic mass is 16.5. The molecular weight excluding hydrogens is 458 g/mol. The number of carbonyl (C=O) groups excluding carboxylic acids is 1. The van der Waals surface area contributed by atoms with Crippen LogP contribution in [0.2, 0.25) is 0 Å². The summed E-state index contributed by atoms with van der Waals surface area (Å²) in [6, 6.07) is 16.5. The SMILES string of the molecule is CCN(CC)c1ccc(-c2nc3ccccc3n2[C@@H](C(=O)OC2C[C@H](C)CC[C@H]2C(C)C)C2CC2)cc1. The molecule has 2 fully saturated rings. The van der Waals surface area contributed by atoms with Gasteiger partial charge in [0.15, 0.2) is 0 Å². The molecule has 5 nitrogen and oxygen atoms in total. The van der Waals surface area contributed by atoms with E-state index in [9.17, 15) is 4.79 Å². The summed E-state index contributed by atoms with van der Waals surface area (Å²) >= 11 is 0. The highest BCUT2D eigenvalue weighted by Crippen LogP contribution is 2.45. The number of anilines is 1.